The van der Waals surface area contributed by atoms with Gasteiger partial charge < -0.3 is 24.9 Å². The third-order valence-corrected chi connectivity index (χ3v) is 5.01. The number of aliphatic hydroxyl groups is 1. The Bertz CT molecular complexity index is 959. The van der Waals surface area contributed by atoms with E-state index in [1.807, 2.05) is 53.1 Å². The lowest BCUT2D eigenvalue weighted by molar-refractivity contribution is 0.0996. The molecule has 1 aromatic heterocycles. The van der Waals surface area contributed by atoms with Gasteiger partial charge in [-0.3, -0.25) is 4.79 Å². The van der Waals surface area contributed by atoms with E-state index in [4.69, 9.17) is 15.2 Å². The summed E-state index contributed by atoms with van der Waals surface area (Å²) < 4.78 is 13.1. The number of aryl methyl sites for hydroxylation is 1. The Morgan fingerprint density at radius 1 is 1.16 bits per heavy atom. The Kier molecular flexibility index (Phi) is 9.37. The molecule has 0 bridgehead atoms. The molecule has 3 rings (SSSR count). The van der Waals surface area contributed by atoms with Crippen LogP contribution in [0.4, 0.5) is 0 Å². The normalized spacial score (nSPS) is 11.4. The highest BCUT2D eigenvalue weighted by atomic mass is 35.5. The molecule has 8 heteroatoms. The lowest BCUT2D eigenvalue weighted by Crippen LogP contribution is -2.13. The topological polar surface area (TPSA) is 99.6 Å². The molecule has 3 aromatic rings. The van der Waals surface area contributed by atoms with Crippen LogP contribution in [-0.4, -0.2) is 34.3 Å². The number of hydrogen-bond donors (Lipinski definition) is 2. The number of benzene rings is 2. The Morgan fingerprint density at radius 2 is 1.90 bits per heavy atom. The molecule has 0 saturated heterocycles. The molecule has 0 aliphatic rings. The molecule has 0 aliphatic heterocycles. The maximum absolute atomic E-state index is 11.3. The average molecular weight is 446 g/mol. The smallest absolute Gasteiger partial charge is 0.268 e. The number of halogens is 1. The quantitative estimate of drug-likeness (QED) is 0.470. The van der Waals surface area contributed by atoms with Crippen LogP contribution in [0.25, 0.3) is 0 Å². The van der Waals surface area contributed by atoms with Crippen LogP contribution in [0.15, 0.2) is 61.1 Å². The number of para-hydroxylation sites is 1. The lowest BCUT2D eigenvalue weighted by atomic mass is 10.0. The van der Waals surface area contributed by atoms with Crippen molar-refractivity contribution in [2.24, 2.45) is 5.73 Å². The van der Waals surface area contributed by atoms with Gasteiger partial charge in [0.2, 0.25) is 0 Å². The van der Waals surface area contributed by atoms with Crippen LogP contribution in [0.1, 0.15) is 40.5 Å². The SMILES string of the molecule is COc1ccc(COc2ccccc2CC[C@H](CCO)n2cnc(C(N)=O)c2)cc1.Cl. The van der Waals surface area contributed by atoms with Gasteiger partial charge in [0.1, 0.15) is 23.8 Å². The summed E-state index contributed by atoms with van der Waals surface area (Å²) in [6.07, 6.45) is 5.30. The maximum Gasteiger partial charge on any atom is 0.268 e. The molecule has 0 unspecified atom stereocenters. The van der Waals surface area contributed by atoms with Crippen LogP contribution in [0.3, 0.4) is 0 Å². The van der Waals surface area contributed by atoms with E-state index in [-0.39, 0.29) is 30.7 Å². The molecule has 0 radical (unpaired) electrons. The molecule has 1 heterocycles. The van der Waals surface area contributed by atoms with Crippen LogP contribution in [0, 0.1) is 0 Å². The summed E-state index contributed by atoms with van der Waals surface area (Å²) in [4.78, 5) is 15.4. The molecule has 2 aromatic carbocycles. The largest absolute Gasteiger partial charge is 0.497 e. The van der Waals surface area contributed by atoms with Crippen molar-refractivity contribution in [1.29, 1.82) is 0 Å². The molecule has 31 heavy (non-hydrogen) atoms. The van der Waals surface area contributed by atoms with Crippen molar-refractivity contribution in [2.75, 3.05) is 13.7 Å². The van der Waals surface area contributed by atoms with E-state index in [1.165, 1.54) is 0 Å². The van der Waals surface area contributed by atoms with Crippen molar-refractivity contribution in [1.82, 2.24) is 9.55 Å². The number of aromatic nitrogens is 2. The standard InChI is InChI=1S/C23H27N3O4.ClH/c1-29-20-10-6-17(7-11-20)15-30-22-5-3-2-4-18(22)8-9-19(12-13-27)26-14-21(23(24)28)25-16-26;/h2-7,10-11,14,16,19,27H,8-9,12-13,15H2,1H3,(H2,24,28);1H/t19-;/m1./s1. The van der Waals surface area contributed by atoms with E-state index in [1.54, 1.807) is 19.6 Å². The van der Waals surface area contributed by atoms with Crippen molar-refractivity contribution in [3.05, 3.63) is 77.9 Å². The molecule has 1 amide bonds. The van der Waals surface area contributed by atoms with E-state index in [2.05, 4.69) is 4.98 Å². The van der Waals surface area contributed by atoms with Gasteiger partial charge in [0, 0.05) is 18.8 Å². The van der Waals surface area contributed by atoms with Crippen molar-refractivity contribution in [3.8, 4) is 11.5 Å². The molecule has 0 aliphatic carbocycles. The molecule has 0 spiro atoms. The summed E-state index contributed by atoms with van der Waals surface area (Å²) in [5.41, 5.74) is 7.66. The molecular formula is C23H28ClN3O4. The van der Waals surface area contributed by atoms with Crippen LogP contribution >= 0.6 is 12.4 Å². The van der Waals surface area contributed by atoms with Crippen LogP contribution in [0.5, 0.6) is 11.5 Å². The highest BCUT2D eigenvalue weighted by molar-refractivity contribution is 5.90. The molecule has 7 nitrogen and oxygen atoms in total. The maximum atomic E-state index is 11.3. The van der Waals surface area contributed by atoms with Gasteiger partial charge in [0.25, 0.3) is 5.91 Å². The number of rotatable bonds is 11. The fourth-order valence-electron chi connectivity index (χ4n) is 3.31. The van der Waals surface area contributed by atoms with Gasteiger partial charge in [-0.25, -0.2) is 4.98 Å². The van der Waals surface area contributed by atoms with E-state index < -0.39 is 5.91 Å². The van der Waals surface area contributed by atoms with E-state index in [0.29, 0.717) is 13.0 Å². The third kappa shape index (κ3) is 6.73. The first-order valence-corrected chi connectivity index (χ1v) is 9.88. The van der Waals surface area contributed by atoms with Gasteiger partial charge in [0.05, 0.1) is 13.4 Å². The number of amides is 1. The minimum Gasteiger partial charge on any atom is -0.497 e. The molecular weight excluding hydrogens is 418 g/mol. The molecule has 1 atom stereocenters. The van der Waals surface area contributed by atoms with E-state index in [0.717, 1.165) is 35.5 Å². The summed E-state index contributed by atoms with van der Waals surface area (Å²) in [5.74, 6) is 1.08. The Morgan fingerprint density at radius 3 is 2.55 bits per heavy atom. The number of hydrogen-bond acceptors (Lipinski definition) is 5. The Balaban J connectivity index is 0.00000341. The van der Waals surface area contributed by atoms with Gasteiger partial charge in [-0.1, -0.05) is 30.3 Å². The van der Waals surface area contributed by atoms with Gasteiger partial charge in [0.15, 0.2) is 0 Å². The summed E-state index contributed by atoms with van der Waals surface area (Å²) in [7, 11) is 1.64. The number of carbonyl (C=O) groups is 1. The van der Waals surface area contributed by atoms with Crippen LogP contribution < -0.4 is 15.2 Å². The Hall–Kier alpha value is -3.03. The zero-order valence-electron chi connectivity index (χ0n) is 17.4. The number of nitrogens with zero attached hydrogens (tertiary/aromatic N) is 2. The van der Waals surface area contributed by atoms with Gasteiger partial charge >= 0.3 is 0 Å². The second-order valence-corrected chi connectivity index (χ2v) is 7.02. The molecule has 166 valence electrons. The lowest BCUT2D eigenvalue weighted by Gasteiger charge is -2.18. The number of imidazole rings is 1. The van der Waals surface area contributed by atoms with Gasteiger partial charge in [-0.2, -0.15) is 0 Å². The summed E-state index contributed by atoms with van der Waals surface area (Å²) in [6, 6.07) is 15.7. The molecule has 0 saturated carbocycles. The van der Waals surface area contributed by atoms with Gasteiger partial charge in [-0.05, 0) is 48.6 Å². The first-order valence-electron chi connectivity index (χ1n) is 9.88. The number of ether oxygens (including phenoxy) is 2. The van der Waals surface area contributed by atoms with Crippen molar-refractivity contribution in [2.45, 2.75) is 31.9 Å². The highest BCUT2D eigenvalue weighted by Crippen LogP contribution is 2.25. The number of primary amides is 1. The highest BCUT2D eigenvalue weighted by Gasteiger charge is 2.15. The number of carbonyl (C=O) groups excluding carboxylic acids is 1. The monoisotopic (exact) mass is 445 g/mol. The fourth-order valence-corrected chi connectivity index (χ4v) is 3.31. The second-order valence-electron chi connectivity index (χ2n) is 7.02. The summed E-state index contributed by atoms with van der Waals surface area (Å²) in [5, 5.41) is 9.45. The van der Waals surface area contributed by atoms with Crippen LogP contribution in [0.2, 0.25) is 0 Å². The zero-order chi connectivity index (χ0) is 21.3. The minimum absolute atomic E-state index is 0. The van der Waals surface area contributed by atoms with E-state index >= 15 is 0 Å². The summed E-state index contributed by atoms with van der Waals surface area (Å²) in [6.45, 7) is 0.509. The van der Waals surface area contributed by atoms with Crippen molar-refractivity contribution in [3.63, 3.8) is 0 Å². The predicted molar refractivity (Wildman–Crippen MR) is 121 cm³/mol. The first kappa shape index (κ1) is 24.2. The van der Waals surface area contributed by atoms with Crippen LogP contribution in [-0.2, 0) is 13.0 Å². The molecule has 0 fully saturated rings. The number of methoxy groups -OCH3 is 1. The van der Waals surface area contributed by atoms with Gasteiger partial charge in [-0.15, -0.1) is 12.4 Å². The Labute approximate surface area is 188 Å². The second kappa shape index (κ2) is 12.0. The average Bonchev–Trinajstić information content (AvgIpc) is 3.27. The van der Waals surface area contributed by atoms with Crippen molar-refractivity contribution < 1.29 is 19.4 Å². The molecule has 3 N–H and O–H groups in total. The zero-order valence-corrected chi connectivity index (χ0v) is 18.3. The van der Waals surface area contributed by atoms with E-state index in [9.17, 15) is 9.90 Å². The number of nitrogens with two attached hydrogens (primary N) is 1. The first-order chi connectivity index (χ1) is 14.6. The number of aliphatic hydroxyl groups excluding tert-OH is 1. The third-order valence-electron chi connectivity index (χ3n) is 5.01. The minimum atomic E-state index is -0.561. The van der Waals surface area contributed by atoms with Crippen molar-refractivity contribution >= 4 is 18.3 Å². The fraction of sp³-hybridized carbons (Fsp3) is 0.304. The summed E-state index contributed by atoms with van der Waals surface area (Å²) >= 11 is 0. The predicted octanol–water partition coefficient (Wildman–Crippen LogP) is 3.55.